The summed E-state index contributed by atoms with van der Waals surface area (Å²) >= 11 is 3.18. The summed E-state index contributed by atoms with van der Waals surface area (Å²) in [7, 11) is 0. The maximum Gasteiger partial charge on any atom is 0.259 e. The Labute approximate surface area is 153 Å². The van der Waals surface area contributed by atoms with Gasteiger partial charge in [0.1, 0.15) is 10.7 Å². The number of fused-ring (bicyclic) bond motifs is 2. The molecule has 3 aromatic heterocycles. The van der Waals surface area contributed by atoms with Crippen molar-refractivity contribution in [2.45, 2.75) is 31.0 Å². The van der Waals surface area contributed by atoms with Gasteiger partial charge in [0.2, 0.25) is 0 Å². The second-order valence-electron chi connectivity index (χ2n) is 6.02. The molecule has 4 nitrogen and oxygen atoms in total. The minimum absolute atomic E-state index is 0.00785. The van der Waals surface area contributed by atoms with E-state index in [1.54, 1.807) is 23.1 Å². The van der Waals surface area contributed by atoms with E-state index in [0.29, 0.717) is 11.2 Å². The Hall–Kier alpha value is -2.18. The number of rotatable bonds is 3. The average molecular weight is 367 g/mol. The molecule has 1 atom stereocenters. The molecule has 4 rings (SSSR count). The number of thioether (sulfide) groups is 1. The van der Waals surface area contributed by atoms with Crippen molar-refractivity contribution in [2.24, 2.45) is 0 Å². The Morgan fingerprint density at radius 3 is 2.76 bits per heavy atom. The topological polar surface area (TPSA) is 58.6 Å². The van der Waals surface area contributed by atoms with Crippen molar-refractivity contribution in [2.75, 3.05) is 0 Å². The van der Waals surface area contributed by atoms with Crippen molar-refractivity contribution in [3.63, 3.8) is 0 Å². The van der Waals surface area contributed by atoms with Gasteiger partial charge < -0.3 is 4.98 Å². The lowest BCUT2D eigenvalue weighted by molar-refractivity contribution is 0.922. The zero-order valence-corrected chi connectivity index (χ0v) is 15.8. The molecule has 126 valence electrons. The van der Waals surface area contributed by atoms with E-state index in [4.69, 9.17) is 4.98 Å². The van der Waals surface area contributed by atoms with Gasteiger partial charge in [0, 0.05) is 10.3 Å². The molecule has 0 aliphatic heterocycles. The number of aromatic nitrogens is 3. The number of aromatic amines is 1. The normalized spacial score (nSPS) is 12.8. The molecule has 0 aliphatic rings. The van der Waals surface area contributed by atoms with Gasteiger partial charge in [-0.05, 0) is 38.5 Å². The van der Waals surface area contributed by atoms with Crippen molar-refractivity contribution in [1.82, 2.24) is 15.0 Å². The van der Waals surface area contributed by atoms with Gasteiger partial charge in [0.25, 0.3) is 5.56 Å². The zero-order valence-electron chi connectivity index (χ0n) is 14.2. The number of pyridine rings is 1. The van der Waals surface area contributed by atoms with Crippen molar-refractivity contribution >= 4 is 44.2 Å². The minimum Gasteiger partial charge on any atom is -0.309 e. The van der Waals surface area contributed by atoms with E-state index in [-0.39, 0.29) is 10.8 Å². The Kier molecular flexibility index (Phi) is 4.09. The van der Waals surface area contributed by atoms with E-state index in [0.717, 1.165) is 31.2 Å². The maximum atomic E-state index is 12.5. The number of nitrogens with zero attached hydrogens (tertiary/aromatic N) is 2. The van der Waals surface area contributed by atoms with Crippen LogP contribution in [0.1, 0.15) is 28.4 Å². The molecule has 0 unspecified atom stereocenters. The number of hydrogen-bond donors (Lipinski definition) is 1. The molecule has 1 N–H and O–H groups in total. The summed E-state index contributed by atoms with van der Waals surface area (Å²) in [6, 6.07) is 12.1. The molecular formula is C19H17N3OS2. The molecule has 0 spiro atoms. The van der Waals surface area contributed by atoms with Crippen LogP contribution in [0.25, 0.3) is 21.1 Å². The molecule has 1 aromatic carbocycles. The van der Waals surface area contributed by atoms with Crippen LogP contribution < -0.4 is 5.56 Å². The van der Waals surface area contributed by atoms with E-state index in [9.17, 15) is 4.79 Å². The predicted octanol–water partition coefficient (Wildman–Crippen LogP) is 5.00. The Morgan fingerprint density at radius 2 is 1.92 bits per heavy atom. The van der Waals surface area contributed by atoms with Gasteiger partial charge in [-0.15, -0.1) is 11.3 Å². The largest absolute Gasteiger partial charge is 0.309 e. The summed E-state index contributed by atoms with van der Waals surface area (Å²) < 4.78 is 0. The maximum absolute atomic E-state index is 12.5. The van der Waals surface area contributed by atoms with Crippen LogP contribution in [0.2, 0.25) is 0 Å². The van der Waals surface area contributed by atoms with Crippen LogP contribution in [-0.2, 0) is 0 Å². The van der Waals surface area contributed by atoms with Crippen molar-refractivity contribution < 1.29 is 0 Å². The van der Waals surface area contributed by atoms with Gasteiger partial charge in [-0.25, -0.2) is 9.97 Å². The number of aryl methyl sites for hydroxylation is 2. The number of H-pyrrole nitrogens is 1. The van der Waals surface area contributed by atoms with Crippen molar-refractivity contribution in [3.8, 4) is 0 Å². The highest BCUT2D eigenvalue weighted by Gasteiger charge is 2.16. The Bertz CT molecular complexity index is 1150. The highest BCUT2D eigenvalue weighted by atomic mass is 32.2. The highest BCUT2D eigenvalue weighted by molar-refractivity contribution is 7.99. The SMILES string of the molecule is Cc1sc2nc([C@H](C)Sc3ccc4ccccc4n3)[nH]c(=O)c2c1C. The van der Waals surface area contributed by atoms with Gasteiger partial charge in [-0.1, -0.05) is 36.0 Å². The Morgan fingerprint density at radius 1 is 1.12 bits per heavy atom. The molecule has 25 heavy (non-hydrogen) atoms. The van der Waals surface area contributed by atoms with Crippen LogP contribution in [0.15, 0.2) is 46.2 Å². The molecule has 0 radical (unpaired) electrons. The molecular weight excluding hydrogens is 350 g/mol. The lowest BCUT2D eigenvalue weighted by atomic mass is 10.2. The van der Waals surface area contributed by atoms with Crippen LogP contribution in [-0.4, -0.2) is 15.0 Å². The first-order valence-electron chi connectivity index (χ1n) is 8.05. The van der Waals surface area contributed by atoms with Crippen LogP contribution in [0.5, 0.6) is 0 Å². The van der Waals surface area contributed by atoms with Crippen LogP contribution >= 0.6 is 23.1 Å². The lowest BCUT2D eigenvalue weighted by Crippen LogP contribution is -2.12. The van der Waals surface area contributed by atoms with Gasteiger partial charge in [-0.2, -0.15) is 0 Å². The van der Waals surface area contributed by atoms with Gasteiger partial charge >= 0.3 is 0 Å². The van der Waals surface area contributed by atoms with E-state index in [1.807, 2.05) is 45.0 Å². The fourth-order valence-electron chi connectivity index (χ4n) is 2.81. The molecule has 0 aliphatic carbocycles. The fraction of sp³-hybridized carbons (Fsp3) is 0.211. The van der Waals surface area contributed by atoms with E-state index in [1.165, 1.54) is 0 Å². The van der Waals surface area contributed by atoms with Gasteiger partial charge in [0.15, 0.2) is 0 Å². The highest BCUT2D eigenvalue weighted by Crippen LogP contribution is 2.34. The zero-order chi connectivity index (χ0) is 17.6. The fourth-order valence-corrected chi connectivity index (χ4v) is 4.73. The average Bonchev–Trinajstić information content (AvgIpc) is 2.89. The summed E-state index contributed by atoms with van der Waals surface area (Å²) in [6.07, 6.45) is 0. The third-order valence-electron chi connectivity index (χ3n) is 4.31. The van der Waals surface area contributed by atoms with Crippen molar-refractivity contribution in [1.29, 1.82) is 0 Å². The first kappa shape index (κ1) is 16.3. The summed E-state index contributed by atoms with van der Waals surface area (Å²) in [5, 5.41) is 2.77. The quantitative estimate of drug-likeness (QED) is 0.518. The smallest absolute Gasteiger partial charge is 0.259 e. The third-order valence-corrected chi connectivity index (χ3v) is 6.46. The molecule has 0 saturated heterocycles. The Balaban J connectivity index is 1.69. The number of thiophene rings is 1. The summed E-state index contributed by atoms with van der Waals surface area (Å²) in [6.45, 7) is 6.04. The number of nitrogens with one attached hydrogen (secondary N) is 1. The molecule has 3 heterocycles. The van der Waals surface area contributed by atoms with Gasteiger partial charge in [-0.3, -0.25) is 4.79 Å². The second kappa shape index (κ2) is 6.28. The molecule has 0 saturated carbocycles. The van der Waals surface area contributed by atoms with E-state index in [2.05, 4.69) is 22.1 Å². The summed E-state index contributed by atoms with van der Waals surface area (Å²) in [5.74, 6) is 0.693. The first-order chi connectivity index (χ1) is 12.0. The van der Waals surface area contributed by atoms with E-state index < -0.39 is 0 Å². The first-order valence-corrected chi connectivity index (χ1v) is 9.75. The van der Waals surface area contributed by atoms with Crippen LogP contribution in [0.4, 0.5) is 0 Å². The predicted molar refractivity (Wildman–Crippen MR) is 106 cm³/mol. The summed E-state index contributed by atoms with van der Waals surface area (Å²) in [5.41, 5.74) is 1.94. The van der Waals surface area contributed by atoms with Crippen molar-refractivity contribution in [3.05, 3.63) is 63.0 Å². The number of hydrogen-bond acceptors (Lipinski definition) is 5. The number of benzene rings is 1. The minimum atomic E-state index is -0.0548. The van der Waals surface area contributed by atoms with Crippen LogP contribution in [0.3, 0.4) is 0 Å². The lowest BCUT2D eigenvalue weighted by Gasteiger charge is -2.10. The molecule has 4 aromatic rings. The standard InChI is InChI=1S/C19H17N3OS2/c1-10-11(2)25-19-16(10)18(23)21-17(22-19)12(3)24-15-9-8-13-6-4-5-7-14(13)20-15/h4-9,12H,1-3H3,(H,21,22,23)/t12-/m0/s1. The second-order valence-corrected chi connectivity index (χ2v) is 8.58. The molecule has 0 amide bonds. The molecule has 0 fully saturated rings. The molecule has 6 heteroatoms. The monoisotopic (exact) mass is 367 g/mol. The van der Waals surface area contributed by atoms with Gasteiger partial charge in [0.05, 0.1) is 21.2 Å². The third kappa shape index (κ3) is 2.96. The molecule has 0 bridgehead atoms. The number of para-hydroxylation sites is 1. The van der Waals surface area contributed by atoms with Crippen LogP contribution in [0, 0.1) is 13.8 Å². The summed E-state index contributed by atoms with van der Waals surface area (Å²) in [4.78, 5) is 26.7. The van der Waals surface area contributed by atoms with E-state index >= 15 is 0 Å².